The second-order valence-corrected chi connectivity index (χ2v) is 5.77. The summed E-state index contributed by atoms with van der Waals surface area (Å²) < 4.78 is 1.16. The lowest BCUT2D eigenvalue weighted by molar-refractivity contribution is 1.00. The first kappa shape index (κ1) is 11.3. The molecule has 2 aromatic heterocycles. The van der Waals surface area contributed by atoms with Crippen molar-refractivity contribution in [3.8, 4) is 0 Å². The molecule has 2 aromatic rings. The monoisotopic (exact) mass is 298 g/mol. The van der Waals surface area contributed by atoms with Crippen molar-refractivity contribution in [1.82, 2.24) is 9.97 Å². The molecule has 6 heteroatoms. The second-order valence-electron chi connectivity index (χ2n) is 3.22. The van der Waals surface area contributed by atoms with Crippen LogP contribution in [0.15, 0.2) is 28.3 Å². The topological polar surface area (TPSA) is 63.8 Å². The zero-order chi connectivity index (χ0) is 11.4. The Labute approximate surface area is 106 Å². The molecule has 0 aliphatic rings. The molecule has 16 heavy (non-hydrogen) atoms. The number of nitrogen functional groups attached to an aromatic ring is 1. The molecule has 0 radical (unpaired) electrons. The molecule has 0 atom stereocenters. The highest BCUT2D eigenvalue weighted by Gasteiger charge is 1.98. The standard InChI is InChI=1S/C10H11BrN4S/c11-9-2-1-8(16-9)3-4-13-10-14-5-7(12)6-15-10/h1-2,5-6H,3-4,12H2,(H,13,14,15). The molecule has 0 unspecified atom stereocenters. The van der Waals surface area contributed by atoms with Crippen molar-refractivity contribution in [3.63, 3.8) is 0 Å². The Morgan fingerprint density at radius 3 is 2.69 bits per heavy atom. The van der Waals surface area contributed by atoms with E-state index >= 15 is 0 Å². The number of anilines is 2. The van der Waals surface area contributed by atoms with Crippen molar-refractivity contribution < 1.29 is 0 Å². The van der Waals surface area contributed by atoms with Gasteiger partial charge in [-0.05, 0) is 34.5 Å². The molecule has 0 amide bonds. The summed E-state index contributed by atoms with van der Waals surface area (Å²) in [6.07, 6.45) is 4.15. The van der Waals surface area contributed by atoms with E-state index in [9.17, 15) is 0 Å². The summed E-state index contributed by atoms with van der Waals surface area (Å²) >= 11 is 5.18. The zero-order valence-corrected chi connectivity index (χ0v) is 10.9. The number of nitrogens with zero attached hydrogens (tertiary/aromatic N) is 2. The largest absolute Gasteiger partial charge is 0.396 e. The highest BCUT2D eigenvalue weighted by molar-refractivity contribution is 9.11. The number of hydrogen-bond acceptors (Lipinski definition) is 5. The van der Waals surface area contributed by atoms with Gasteiger partial charge in [0.15, 0.2) is 0 Å². The Kier molecular flexibility index (Phi) is 3.74. The highest BCUT2D eigenvalue weighted by Crippen LogP contribution is 2.22. The Hall–Kier alpha value is -1.14. The SMILES string of the molecule is Nc1cnc(NCCc2ccc(Br)s2)nc1. The molecule has 0 aromatic carbocycles. The fourth-order valence-corrected chi connectivity index (χ4v) is 2.70. The first-order valence-corrected chi connectivity index (χ1v) is 6.40. The van der Waals surface area contributed by atoms with Crippen LogP contribution < -0.4 is 11.1 Å². The second kappa shape index (κ2) is 5.27. The number of rotatable bonds is 4. The number of aromatic nitrogens is 2. The van der Waals surface area contributed by atoms with Crippen LogP contribution in [0.3, 0.4) is 0 Å². The van der Waals surface area contributed by atoms with Gasteiger partial charge in [-0.2, -0.15) is 0 Å². The van der Waals surface area contributed by atoms with Crippen LogP contribution in [0.25, 0.3) is 0 Å². The third-order valence-corrected chi connectivity index (χ3v) is 3.64. The maximum atomic E-state index is 5.49. The molecule has 4 nitrogen and oxygen atoms in total. The van der Waals surface area contributed by atoms with E-state index in [1.165, 1.54) is 4.88 Å². The van der Waals surface area contributed by atoms with Crippen LogP contribution >= 0.6 is 27.3 Å². The zero-order valence-electron chi connectivity index (χ0n) is 8.48. The predicted molar refractivity (Wildman–Crippen MR) is 70.7 cm³/mol. The molecule has 3 N–H and O–H groups in total. The van der Waals surface area contributed by atoms with Gasteiger partial charge in [-0.25, -0.2) is 9.97 Å². The van der Waals surface area contributed by atoms with Crippen LogP contribution in [0.4, 0.5) is 11.6 Å². The molecule has 0 bridgehead atoms. The van der Waals surface area contributed by atoms with Crippen molar-refractivity contribution in [2.75, 3.05) is 17.6 Å². The number of halogens is 1. The first-order valence-electron chi connectivity index (χ1n) is 4.79. The van der Waals surface area contributed by atoms with Crippen molar-refractivity contribution in [2.45, 2.75) is 6.42 Å². The fraction of sp³-hybridized carbons (Fsp3) is 0.200. The Bertz CT molecular complexity index is 454. The van der Waals surface area contributed by atoms with Crippen LogP contribution in [0.5, 0.6) is 0 Å². The first-order chi connectivity index (χ1) is 7.74. The van der Waals surface area contributed by atoms with E-state index in [0.717, 1.165) is 16.8 Å². The van der Waals surface area contributed by atoms with Crippen LogP contribution in [-0.2, 0) is 6.42 Å². The summed E-state index contributed by atoms with van der Waals surface area (Å²) in [5.41, 5.74) is 6.07. The predicted octanol–water partition coefficient (Wildman–Crippen LogP) is 2.54. The lowest BCUT2D eigenvalue weighted by Gasteiger charge is -2.02. The average molecular weight is 299 g/mol. The molecule has 2 heterocycles. The molecule has 0 aliphatic carbocycles. The molecule has 0 aliphatic heterocycles. The Morgan fingerprint density at radius 1 is 1.31 bits per heavy atom. The van der Waals surface area contributed by atoms with E-state index in [4.69, 9.17) is 5.73 Å². The van der Waals surface area contributed by atoms with Gasteiger partial charge >= 0.3 is 0 Å². The fourth-order valence-electron chi connectivity index (χ4n) is 1.21. The third kappa shape index (κ3) is 3.18. The lowest BCUT2D eigenvalue weighted by atomic mass is 10.3. The minimum atomic E-state index is 0.577. The van der Waals surface area contributed by atoms with E-state index in [0.29, 0.717) is 11.6 Å². The maximum Gasteiger partial charge on any atom is 0.222 e. The van der Waals surface area contributed by atoms with Crippen molar-refractivity contribution in [1.29, 1.82) is 0 Å². The van der Waals surface area contributed by atoms with Crippen LogP contribution in [0.1, 0.15) is 4.88 Å². The summed E-state index contributed by atoms with van der Waals surface area (Å²) in [7, 11) is 0. The van der Waals surface area contributed by atoms with Crippen LogP contribution in [-0.4, -0.2) is 16.5 Å². The van der Waals surface area contributed by atoms with E-state index < -0.39 is 0 Å². The van der Waals surface area contributed by atoms with Gasteiger partial charge < -0.3 is 11.1 Å². The lowest BCUT2D eigenvalue weighted by Crippen LogP contribution is -2.07. The average Bonchev–Trinajstić information content (AvgIpc) is 2.67. The third-order valence-electron chi connectivity index (χ3n) is 1.96. The summed E-state index contributed by atoms with van der Waals surface area (Å²) in [6.45, 7) is 0.816. The smallest absolute Gasteiger partial charge is 0.222 e. The maximum absolute atomic E-state index is 5.49. The number of nitrogens with one attached hydrogen (secondary N) is 1. The molecule has 2 rings (SSSR count). The van der Waals surface area contributed by atoms with Gasteiger partial charge in [0.05, 0.1) is 21.9 Å². The molecule has 0 spiro atoms. The Balaban J connectivity index is 1.82. The summed E-state index contributed by atoms with van der Waals surface area (Å²) in [5, 5.41) is 3.14. The van der Waals surface area contributed by atoms with Gasteiger partial charge in [0.2, 0.25) is 5.95 Å². The van der Waals surface area contributed by atoms with Crippen molar-refractivity contribution in [2.24, 2.45) is 0 Å². The summed E-state index contributed by atoms with van der Waals surface area (Å²) in [5.74, 6) is 0.616. The number of hydrogen-bond donors (Lipinski definition) is 2. The molecule has 0 saturated carbocycles. The van der Waals surface area contributed by atoms with Gasteiger partial charge in [0, 0.05) is 11.4 Å². The van der Waals surface area contributed by atoms with Gasteiger partial charge in [0.25, 0.3) is 0 Å². The van der Waals surface area contributed by atoms with E-state index in [1.54, 1.807) is 23.7 Å². The van der Waals surface area contributed by atoms with Gasteiger partial charge in [-0.15, -0.1) is 11.3 Å². The summed E-state index contributed by atoms with van der Waals surface area (Å²) in [6, 6.07) is 4.17. The van der Waals surface area contributed by atoms with Gasteiger partial charge in [-0.3, -0.25) is 0 Å². The van der Waals surface area contributed by atoms with Crippen LogP contribution in [0.2, 0.25) is 0 Å². The van der Waals surface area contributed by atoms with Crippen molar-refractivity contribution >= 4 is 38.9 Å². The molecule has 84 valence electrons. The van der Waals surface area contributed by atoms with Gasteiger partial charge in [-0.1, -0.05) is 0 Å². The Morgan fingerprint density at radius 2 is 2.06 bits per heavy atom. The van der Waals surface area contributed by atoms with E-state index in [1.807, 2.05) is 0 Å². The number of nitrogens with two attached hydrogens (primary N) is 1. The van der Waals surface area contributed by atoms with E-state index in [2.05, 4.69) is 43.3 Å². The van der Waals surface area contributed by atoms with Crippen LogP contribution in [0, 0.1) is 0 Å². The molecular formula is C10H11BrN4S. The quantitative estimate of drug-likeness (QED) is 0.910. The molecular weight excluding hydrogens is 288 g/mol. The van der Waals surface area contributed by atoms with Crippen molar-refractivity contribution in [3.05, 3.63) is 33.2 Å². The minimum absolute atomic E-state index is 0.577. The molecule has 0 fully saturated rings. The summed E-state index contributed by atoms with van der Waals surface area (Å²) in [4.78, 5) is 9.45. The minimum Gasteiger partial charge on any atom is -0.396 e. The van der Waals surface area contributed by atoms with E-state index in [-0.39, 0.29) is 0 Å². The highest BCUT2D eigenvalue weighted by atomic mass is 79.9. The molecule has 0 saturated heterocycles. The number of thiophene rings is 1. The van der Waals surface area contributed by atoms with Gasteiger partial charge in [0.1, 0.15) is 0 Å². The normalized spacial score (nSPS) is 10.3.